The van der Waals surface area contributed by atoms with E-state index in [1.807, 2.05) is 4.90 Å². The fraction of sp³-hybridized carbons (Fsp3) is 0.278. The third-order valence-electron chi connectivity index (χ3n) is 3.99. The van der Waals surface area contributed by atoms with E-state index in [0.29, 0.717) is 5.69 Å². The fourth-order valence-electron chi connectivity index (χ4n) is 2.88. The summed E-state index contributed by atoms with van der Waals surface area (Å²) in [5.74, 6) is -0.210. The maximum Gasteiger partial charge on any atom is 0.243 e. The van der Waals surface area contributed by atoms with Crippen molar-refractivity contribution in [1.82, 2.24) is 0 Å². The van der Waals surface area contributed by atoms with Gasteiger partial charge in [0.2, 0.25) is 5.91 Å². The van der Waals surface area contributed by atoms with Crippen molar-refractivity contribution in [3.8, 4) is 5.75 Å². The van der Waals surface area contributed by atoms with E-state index in [0.717, 1.165) is 37.1 Å². The van der Waals surface area contributed by atoms with Crippen LogP contribution in [-0.4, -0.2) is 24.1 Å². The van der Waals surface area contributed by atoms with Crippen molar-refractivity contribution < 1.29 is 14.3 Å². The van der Waals surface area contributed by atoms with Crippen molar-refractivity contribution in [2.45, 2.75) is 19.3 Å². The highest BCUT2D eigenvalue weighted by Gasteiger charge is 2.18. The quantitative estimate of drug-likeness (QED) is 0.855. The normalized spacial score (nSPS) is 14.0. The number of benzene rings is 2. The average Bonchev–Trinajstić information content (AvgIpc) is 2.71. The summed E-state index contributed by atoms with van der Waals surface area (Å²) in [4.78, 5) is 14.3. The molecule has 0 unspecified atom stereocenters. The molecule has 2 aromatic carbocycles. The molecule has 0 radical (unpaired) electrons. The molecule has 1 heterocycles. The monoisotopic (exact) mass is 314 g/mol. The molecule has 2 N–H and O–H groups in total. The van der Waals surface area contributed by atoms with E-state index in [9.17, 15) is 14.3 Å². The molecule has 0 atom stereocenters. The lowest BCUT2D eigenvalue weighted by Gasteiger charge is -2.24. The van der Waals surface area contributed by atoms with Gasteiger partial charge in [-0.1, -0.05) is 0 Å². The highest BCUT2D eigenvalue weighted by atomic mass is 19.1. The number of anilines is 2. The first-order valence-corrected chi connectivity index (χ1v) is 7.74. The number of amides is 1. The minimum Gasteiger partial charge on any atom is -0.508 e. The van der Waals surface area contributed by atoms with E-state index in [-0.39, 0.29) is 24.0 Å². The van der Waals surface area contributed by atoms with Crippen LogP contribution in [0.2, 0.25) is 0 Å². The molecule has 0 spiro atoms. The van der Waals surface area contributed by atoms with Gasteiger partial charge < -0.3 is 15.3 Å². The van der Waals surface area contributed by atoms with Crippen LogP contribution in [0.1, 0.15) is 18.4 Å². The summed E-state index contributed by atoms with van der Waals surface area (Å²) in [6.07, 6.45) is 2.80. The van der Waals surface area contributed by atoms with Gasteiger partial charge in [0.25, 0.3) is 0 Å². The maximum atomic E-state index is 13.4. The predicted octanol–water partition coefficient (Wildman–Crippen LogP) is 3.31. The number of fused-ring (bicyclic) bond motifs is 1. The standard InChI is InChI=1S/C18H19FN2O2/c19-14-4-9-17-13(11-14)3-1-2-10-21(17)12-18(23)20-15-5-7-16(22)8-6-15/h4-9,11,22H,1-3,10,12H2,(H,20,23). The Kier molecular flexibility index (Phi) is 4.46. The van der Waals surface area contributed by atoms with Crippen LogP contribution < -0.4 is 10.2 Å². The van der Waals surface area contributed by atoms with Crippen molar-refractivity contribution in [1.29, 1.82) is 0 Å². The first-order chi connectivity index (χ1) is 11.1. The zero-order valence-electron chi connectivity index (χ0n) is 12.8. The van der Waals surface area contributed by atoms with Crippen LogP contribution in [0.25, 0.3) is 0 Å². The second-order valence-electron chi connectivity index (χ2n) is 5.75. The zero-order valence-corrected chi connectivity index (χ0v) is 12.8. The van der Waals surface area contributed by atoms with Crippen LogP contribution in [-0.2, 0) is 11.2 Å². The molecule has 0 aliphatic carbocycles. The molecule has 23 heavy (non-hydrogen) atoms. The molecule has 4 nitrogen and oxygen atoms in total. The van der Waals surface area contributed by atoms with Crippen molar-refractivity contribution in [3.63, 3.8) is 0 Å². The molecule has 0 saturated carbocycles. The number of hydrogen-bond acceptors (Lipinski definition) is 3. The third-order valence-corrected chi connectivity index (χ3v) is 3.99. The molecule has 3 rings (SSSR count). The summed E-state index contributed by atoms with van der Waals surface area (Å²) in [6.45, 7) is 1.00. The summed E-state index contributed by atoms with van der Waals surface area (Å²) in [6, 6.07) is 11.1. The van der Waals surface area contributed by atoms with Crippen molar-refractivity contribution >= 4 is 17.3 Å². The molecule has 5 heteroatoms. The van der Waals surface area contributed by atoms with E-state index in [2.05, 4.69) is 5.32 Å². The maximum absolute atomic E-state index is 13.4. The molecule has 0 fully saturated rings. The van der Waals surface area contributed by atoms with Crippen LogP contribution in [0.3, 0.4) is 0 Å². The Bertz CT molecular complexity index is 701. The topological polar surface area (TPSA) is 52.6 Å². The Morgan fingerprint density at radius 2 is 1.96 bits per heavy atom. The molecule has 0 bridgehead atoms. The number of rotatable bonds is 3. The summed E-state index contributed by atoms with van der Waals surface area (Å²) in [5, 5.41) is 12.1. The number of nitrogens with one attached hydrogen (secondary N) is 1. The molecular formula is C18H19FN2O2. The largest absolute Gasteiger partial charge is 0.508 e. The number of nitrogens with zero attached hydrogens (tertiary/aromatic N) is 1. The Morgan fingerprint density at radius 1 is 1.17 bits per heavy atom. The first kappa shape index (κ1) is 15.3. The van der Waals surface area contributed by atoms with Crippen LogP contribution >= 0.6 is 0 Å². The van der Waals surface area contributed by atoms with Gasteiger partial charge in [0.1, 0.15) is 11.6 Å². The SMILES string of the molecule is O=C(CN1CCCCc2cc(F)ccc21)Nc1ccc(O)cc1. The Hall–Kier alpha value is -2.56. The lowest BCUT2D eigenvalue weighted by atomic mass is 10.1. The highest BCUT2D eigenvalue weighted by molar-refractivity contribution is 5.94. The minimum atomic E-state index is -0.237. The van der Waals surface area contributed by atoms with Crippen LogP contribution in [0, 0.1) is 5.82 Å². The molecular weight excluding hydrogens is 295 g/mol. The number of aryl methyl sites for hydroxylation is 1. The van der Waals surface area contributed by atoms with Gasteiger partial charge in [-0.25, -0.2) is 4.39 Å². The van der Waals surface area contributed by atoms with Crippen LogP contribution in [0.15, 0.2) is 42.5 Å². The van der Waals surface area contributed by atoms with Gasteiger partial charge in [0.05, 0.1) is 6.54 Å². The second-order valence-corrected chi connectivity index (χ2v) is 5.75. The van der Waals surface area contributed by atoms with Crippen molar-refractivity contribution in [3.05, 3.63) is 53.8 Å². The van der Waals surface area contributed by atoms with Gasteiger partial charge in [-0.2, -0.15) is 0 Å². The van der Waals surface area contributed by atoms with E-state index >= 15 is 0 Å². The fourth-order valence-corrected chi connectivity index (χ4v) is 2.88. The molecule has 0 aromatic heterocycles. The van der Waals surface area contributed by atoms with Crippen molar-refractivity contribution in [2.75, 3.05) is 23.3 Å². The van der Waals surface area contributed by atoms with E-state index in [1.165, 1.54) is 18.2 Å². The smallest absolute Gasteiger partial charge is 0.243 e. The minimum absolute atomic E-state index is 0.132. The van der Waals surface area contributed by atoms with E-state index in [4.69, 9.17) is 0 Å². The van der Waals surface area contributed by atoms with Gasteiger partial charge in [0.15, 0.2) is 0 Å². The summed E-state index contributed by atoms with van der Waals surface area (Å²) in [7, 11) is 0. The van der Waals surface area contributed by atoms with Gasteiger partial charge in [-0.05, 0) is 67.3 Å². The van der Waals surface area contributed by atoms with Gasteiger partial charge in [-0.3, -0.25) is 4.79 Å². The van der Waals surface area contributed by atoms with Gasteiger partial charge >= 0.3 is 0 Å². The number of aromatic hydroxyl groups is 1. The average molecular weight is 314 g/mol. The lowest BCUT2D eigenvalue weighted by Crippen LogP contribution is -2.34. The number of carbonyl (C=O) groups is 1. The van der Waals surface area contributed by atoms with Crippen LogP contribution in [0.4, 0.5) is 15.8 Å². The second kappa shape index (κ2) is 6.69. The van der Waals surface area contributed by atoms with Crippen LogP contribution in [0.5, 0.6) is 5.75 Å². The Balaban J connectivity index is 1.72. The number of hydrogen-bond donors (Lipinski definition) is 2. The number of carbonyl (C=O) groups excluding carboxylic acids is 1. The summed E-state index contributed by atoms with van der Waals surface area (Å²) in [5.41, 5.74) is 2.53. The molecule has 2 aromatic rings. The van der Waals surface area contributed by atoms with E-state index < -0.39 is 0 Å². The Morgan fingerprint density at radius 3 is 2.74 bits per heavy atom. The summed E-state index contributed by atoms with van der Waals surface area (Å²) < 4.78 is 13.4. The highest BCUT2D eigenvalue weighted by Crippen LogP contribution is 2.27. The third kappa shape index (κ3) is 3.80. The number of phenolic OH excluding ortho intramolecular Hbond substituents is 1. The summed E-state index contributed by atoms with van der Waals surface area (Å²) >= 11 is 0. The van der Waals surface area contributed by atoms with Gasteiger partial charge in [-0.15, -0.1) is 0 Å². The molecule has 1 aliphatic rings. The van der Waals surface area contributed by atoms with Gasteiger partial charge in [0, 0.05) is 17.9 Å². The Labute approximate surface area is 134 Å². The molecule has 0 saturated heterocycles. The first-order valence-electron chi connectivity index (χ1n) is 7.74. The predicted molar refractivity (Wildman–Crippen MR) is 88.3 cm³/mol. The van der Waals surface area contributed by atoms with Crippen molar-refractivity contribution in [2.24, 2.45) is 0 Å². The molecule has 120 valence electrons. The molecule has 1 amide bonds. The number of phenols is 1. The zero-order chi connectivity index (χ0) is 16.2. The number of halogens is 1. The lowest BCUT2D eigenvalue weighted by molar-refractivity contribution is -0.115. The molecule has 1 aliphatic heterocycles. The van der Waals surface area contributed by atoms with E-state index in [1.54, 1.807) is 24.3 Å².